The molecule has 1 unspecified atom stereocenters. The van der Waals surface area contributed by atoms with Gasteiger partial charge in [0.2, 0.25) is 0 Å². The van der Waals surface area contributed by atoms with Crippen molar-refractivity contribution in [2.75, 3.05) is 11.4 Å². The van der Waals surface area contributed by atoms with Crippen LogP contribution in [0, 0.1) is 0 Å². The first-order chi connectivity index (χ1) is 9.78. The molecule has 0 amide bonds. The van der Waals surface area contributed by atoms with Crippen LogP contribution in [0.2, 0.25) is 5.02 Å². The van der Waals surface area contributed by atoms with Crippen molar-refractivity contribution in [3.05, 3.63) is 28.8 Å². The maximum atomic E-state index is 6.25. The maximum absolute atomic E-state index is 6.25. The molecule has 20 heavy (non-hydrogen) atoms. The second-order valence-electron chi connectivity index (χ2n) is 6.18. The Morgan fingerprint density at radius 2 is 2.10 bits per heavy atom. The summed E-state index contributed by atoms with van der Waals surface area (Å²) in [7, 11) is 0. The monoisotopic (exact) mass is 292 g/mol. The van der Waals surface area contributed by atoms with Crippen LogP contribution in [-0.4, -0.2) is 18.6 Å². The van der Waals surface area contributed by atoms with E-state index in [4.69, 9.17) is 11.6 Å². The summed E-state index contributed by atoms with van der Waals surface area (Å²) in [5.41, 5.74) is 2.76. The van der Waals surface area contributed by atoms with Crippen molar-refractivity contribution in [1.82, 2.24) is 5.32 Å². The van der Waals surface area contributed by atoms with Crippen LogP contribution in [0.15, 0.2) is 18.2 Å². The quantitative estimate of drug-likeness (QED) is 0.867. The normalized spacial score (nSPS) is 23.1. The second-order valence-corrected chi connectivity index (χ2v) is 6.62. The van der Waals surface area contributed by atoms with Gasteiger partial charge in [0, 0.05) is 35.9 Å². The molecule has 1 N–H and O–H groups in total. The molecule has 110 valence electrons. The van der Waals surface area contributed by atoms with Crippen LogP contribution in [0.3, 0.4) is 0 Å². The van der Waals surface area contributed by atoms with E-state index in [9.17, 15) is 0 Å². The summed E-state index contributed by atoms with van der Waals surface area (Å²) in [6.07, 6.45) is 7.89. The Balaban J connectivity index is 1.82. The van der Waals surface area contributed by atoms with Gasteiger partial charge in [0.25, 0.3) is 0 Å². The lowest BCUT2D eigenvalue weighted by atomic mass is 9.98. The summed E-state index contributed by atoms with van der Waals surface area (Å²) >= 11 is 6.25. The van der Waals surface area contributed by atoms with E-state index < -0.39 is 0 Å². The molecule has 0 bridgehead atoms. The molecule has 1 atom stereocenters. The van der Waals surface area contributed by atoms with Crippen molar-refractivity contribution in [2.24, 2.45) is 0 Å². The fraction of sp³-hybridized carbons (Fsp3) is 0.647. The average molecular weight is 293 g/mol. The van der Waals surface area contributed by atoms with Gasteiger partial charge in [0.05, 0.1) is 0 Å². The van der Waals surface area contributed by atoms with Gasteiger partial charge in [-0.1, -0.05) is 24.6 Å². The van der Waals surface area contributed by atoms with Crippen LogP contribution in [0.4, 0.5) is 5.69 Å². The Bertz CT molecular complexity index is 456. The SMILES string of the molecule is CCC1CCCCN1c1cc(Cl)ccc1CNC1CC1. The lowest BCUT2D eigenvalue weighted by Crippen LogP contribution is -2.40. The molecule has 1 aliphatic carbocycles. The van der Waals surface area contributed by atoms with E-state index in [1.165, 1.54) is 56.3 Å². The molecule has 2 aliphatic rings. The van der Waals surface area contributed by atoms with E-state index in [1.54, 1.807) is 0 Å². The first kappa shape index (κ1) is 14.2. The van der Waals surface area contributed by atoms with Gasteiger partial charge in [-0.05, 0) is 56.2 Å². The van der Waals surface area contributed by atoms with Gasteiger partial charge in [0.15, 0.2) is 0 Å². The number of benzene rings is 1. The predicted molar refractivity (Wildman–Crippen MR) is 86.6 cm³/mol. The Hall–Kier alpha value is -0.730. The minimum atomic E-state index is 0.682. The number of nitrogens with zero attached hydrogens (tertiary/aromatic N) is 1. The molecule has 2 nitrogen and oxygen atoms in total. The molecule has 1 heterocycles. The molecule has 1 aliphatic heterocycles. The minimum absolute atomic E-state index is 0.682. The fourth-order valence-corrected chi connectivity index (χ4v) is 3.40. The maximum Gasteiger partial charge on any atom is 0.0429 e. The number of halogens is 1. The number of anilines is 1. The molecule has 1 aromatic carbocycles. The zero-order valence-corrected chi connectivity index (χ0v) is 13.1. The first-order valence-electron chi connectivity index (χ1n) is 8.06. The van der Waals surface area contributed by atoms with Gasteiger partial charge in [-0.2, -0.15) is 0 Å². The largest absolute Gasteiger partial charge is 0.368 e. The van der Waals surface area contributed by atoms with Crippen LogP contribution in [0.25, 0.3) is 0 Å². The van der Waals surface area contributed by atoms with Crippen LogP contribution in [-0.2, 0) is 6.54 Å². The van der Waals surface area contributed by atoms with E-state index in [1.807, 2.05) is 6.07 Å². The van der Waals surface area contributed by atoms with E-state index in [0.29, 0.717) is 6.04 Å². The smallest absolute Gasteiger partial charge is 0.0429 e. The number of rotatable bonds is 5. The van der Waals surface area contributed by atoms with Gasteiger partial charge in [-0.25, -0.2) is 0 Å². The molecule has 1 saturated carbocycles. The molecule has 0 spiro atoms. The van der Waals surface area contributed by atoms with Gasteiger partial charge >= 0.3 is 0 Å². The summed E-state index contributed by atoms with van der Waals surface area (Å²) in [4.78, 5) is 2.60. The first-order valence-corrected chi connectivity index (χ1v) is 8.44. The van der Waals surface area contributed by atoms with Crippen LogP contribution in [0.1, 0.15) is 51.0 Å². The summed E-state index contributed by atoms with van der Waals surface area (Å²) in [6, 6.07) is 7.83. The summed E-state index contributed by atoms with van der Waals surface area (Å²) in [6.45, 7) is 4.45. The Morgan fingerprint density at radius 3 is 2.85 bits per heavy atom. The highest BCUT2D eigenvalue weighted by molar-refractivity contribution is 6.30. The van der Waals surface area contributed by atoms with E-state index in [2.05, 4.69) is 29.3 Å². The Kier molecular flexibility index (Phi) is 4.52. The number of nitrogens with one attached hydrogen (secondary N) is 1. The lowest BCUT2D eigenvalue weighted by molar-refractivity contribution is 0.448. The lowest BCUT2D eigenvalue weighted by Gasteiger charge is -2.38. The van der Waals surface area contributed by atoms with Crippen molar-refractivity contribution < 1.29 is 0 Å². The standard InChI is InChI=1S/C17H25ClN2/c1-2-16-5-3-4-10-20(16)17-11-14(18)7-6-13(17)12-19-15-8-9-15/h6-7,11,15-16,19H,2-5,8-10,12H2,1H3. The summed E-state index contributed by atoms with van der Waals surface area (Å²) in [5.74, 6) is 0. The number of piperidine rings is 1. The Labute approximate surface area is 127 Å². The van der Waals surface area contributed by atoms with E-state index in [-0.39, 0.29) is 0 Å². The van der Waals surface area contributed by atoms with Gasteiger partial charge < -0.3 is 10.2 Å². The third-order valence-corrected chi connectivity index (χ3v) is 4.85. The third kappa shape index (κ3) is 3.29. The highest BCUT2D eigenvalue weighted by atomic mass is 35.5. The van der Waals surface area contributed by atoms with Gasteiger partial charge in [-0.15, -0.1) is 0 Å². The molecule has 1 saturated heterocycles. The Morgan fingerprint density at radius 1 is 1.25 bits per heavy atom. The van der Waals surface area contributed by atoms with Crippen LogP contribution < -0.4 is 10.2 Å². The molecule has 0 aromatic heterocycles. The highest BCUT2D eigenvalue weighted by Gasteiger charge is 2.24. The van der Waals surface area contributed by atoms with Crippen molar-refractivity contribution in [1.29, 1.82) is 0 Å². The zero-order chi connectivity index (χ0) is 13.9. The number of hydrogen-bond acceptors (Lipinski definition) is 2. The van der Waals surface area contributed by atoms with Crippen LogP contribution in [0.5, 0.6) is 0 Å². The molecular formula is C17H25ClN2. The van der Waals surface area contributed by atoms with Crippen molar-refractivity contribution >= 4 is 17.3 Å². The predicted octanol–water partition coefficient (Wildman–Crippen LogP) is 4.36. The molecular weight excluding hydrogens is 268 g/mol. The van der Waals surface area contributed by atoms with E-state index in [0.717, 1.165) is 17.6 Å². The van der Waals surface area contributed by atoms with Crippen molar-refractivity contribution in [3.63, 3.8) is 0 Å². The molecule has 3 heteroatoms. The average Bonchev–Trinajstić information content (AvgIpc) is 3.30. The molecule has 0 radical (unpaired) electrons. The van der Waals surface area contributed by atoms with Gasteiger partial charge in [0.1, 0.15) is 0 Å². The molecule has 2 fully saturated rings. The molecule has 3 rings (SSSR count). The van der Waals surface area contributed by atoms with E-state index >= 15 is 0 Å². The van der Waals surface area contributed by atoms with Crippen molar-refractivity contribution in [2.45, 2.75) is 64.1 Å². The van der Waals surface area contributed by atoms with Gasteiger partial charge in [-0.3, -0.25) is 0 Å². The van der Waals surface area contributed by atoms with Crippen molar-refractivity contribution in [3.8, 4) is 0 Å². The fourth-order valence-electron chi connectivity index (χ4n) is 3.24. The summed E-state index contributed by atoms with van der Waals surface area (Å²) in [5, 5.41) is 4.49. The molecule has 1 aromatic rings. The second kappa shape index (κ2) is 6.36. The topological polar surface area (TPSA) is 15.3 Å². The van der Waals surface area contributed by atoms with Crippen LogP contribution >= 0.6 is 11.6 Å². The third-order valence-electron chi connectivity index (χ3n) is 4.61. The number of hydrogen-bond donors (Lipinski definition) is 1. The zero-order valence-electron chi connectivity index (χ0n) is 12.4. The summed E-state index contributed by atoms with van der Waals surface area (Å²) < 4.78 is 0. The highest BCUT2D eigenvalue weighted by Crippen LogP contribution is 2.32. The minimum Gasteiger partial charge on any atom is -0.368 e.